The molecule has 0 N–H and O–H groups in total. The van der Waals surface area contributed by atoms with Gasteiger partial charge >= 0.3 is 6.01 Å². The minimum Gasteiger partial charge on any atom is -0.462 e. The van der Waals surface area contributed by atoms with Crippen LogP contribution in [0, 0.1) is 0 Å². The lowest BCUT2D eigenvalue weighted by atomic mass is 10.2. The molecule has 2 aromatic heterocycles. The summed E-state index contributed by atoms with van der Waals surface area (Å²) in [6.45, 7) is 3.92. The van der Waals surface area contributed by atoms with Crippen molar-refractivity contribution in [3.8, 4) is 11.8 Å². The van der Waals surface area contributed by atoms with Crippen molar-refractivity contribution in [2.45, 2.75) is 12.8 Å². The second-order valence-electron chi connectivity index (χ2n) is 5.98. The molecule has 0 bridgehead atoms. The molecule has 4 rings (SSSR count). The predicted octanol–water partition coefficient (Wildman–Crippen LogP) is 3.66. The molecule has 0 radical (unpaired) electrons. The van der Waals surface area contributed by atoms with Gasteiger partial charge in [0.25, 0.3) is 0 Å². The van der Waals surface area contributed by atoms with Gasteiger partial charge in [-0.2, -0.15) is 4.98 Å². The number of likely N-dealkylation sites (tertiary alicyclic amines) is 1. The molecule has 5 nitrogen and oxygen atoms in total. The molecule has 6 heteroatoms. The normalized spacial score (nSPS) is 15.2. The maximum Gasteiger partial charge on any atom is 0.318 e. The number of ether oxygens (including phenoxy) is 1. The molecule has 1 saturated heterocycles. The van der Waals surface area contributed by atoms with Gasteiger partial charge in [0.05, 0.1) is 5.52 Å². The Kier molecular flexibility index (Phi) is 4.49. The van der Waals surface area contributed by atoms with E-state index in [1.54, 1.807) is 6.20 Å². The minimum absolute atomic E-state index is 0.436. The van der Waals surface area contributed by atoms with E-state index in [0.717, 1.165) is 22.4 Å². The number of fused-ring (bicyclic) bond motifs is 1. The van der Waals surface area contributed by atoms with Gasteiger partial charge in [-0.1, -0.05) is 15.9 Å². The van der Waals surface area contributed by atoms with Crippen molar-refractivity contribution in [2.75, 3.05) is 26.2 Å². The van der Waals surface area contributed by atoms with E-state index in [1.165, 1.54) is 31.3 Å². The first kappa shape index (κ1) is 15.6. The molecule has 0 atom stereocenters. The zero-order valence-corrected chi connectivity index (χ0v) is 14.9. The van der Waals surface area contributed by atoms with Crippen LogP contribution in [0.1, 0.15) is 12.8 Å². The van der Waals surface area contributed by atoms with Crippen LogP contribution in [0.15, 0.2) is 47.2 Å². The van der Waals surface area contributed by atoms with Gasteiger partial charge in [0.2, 0.25) is 0 Å². The number of rotatable bonds is 5. The van der Waals surface area contributed by atoms with Gasteiger partial charge in [-0.15, -0.1) is 0 Å². The summed E-state index contributed by atoms with van der Waals surface area (Å²) in [5, 5.41) is 1.17. The summed E-state index contributed by atoms with van der Waals surface area (Å²) in [6, 6.07) is 10.6. The highest BCUT2D eigenvalue weighted by Gasteiger charge is 2.11. The van der Waals surface area contributed by atoms with E-state index in [-0.39, 0.29) is 0 Å². The zero-order valence-electron chi connectivity index (χ0n) is 13.4. The summed E-state index contributed by atoms with van der Waals surface area (Å²) in [5.41, 5.74) is 1.11. The number of hydrogen-bond donors (Lipinski definition) is 0. The Morgan fingerprint density at radius 2 is 2.00 bits per heavy atom. The first-order chi connectivity index (χ1) is 11.8. The highest BCUT2D eigenvalue weighted by atomic mass is 79.9. The van der Waals surface area contributed by atoms with Gasteiger partial charge in [-0.05, 0) is 50.2 Å². The summed E-state index contributed by atoms with van der Waals surface area (Å²) < 4.78 is 8.88. The van der Waals surface area contributed by atoms with E-state index in [9.17, 15) is 0 Å². The van der Waals surface area contributed by atoms with E-state index in [2.05, 4.69) is 53.6 Å². The summed E-state index contributed by atoms with van der Waals surface area (Å²) in [7, 11) is 0. The molecule has 0 amide bonds. The van der Waals surface area contributed by atoms with Crippen LogP contribution < -0.4 is 4.74 Å². The third-order valence-corrected chi connectivity index (χ3v) is 4.85. The van der Waals surface area contributed by atoms with E-state index in [0.29, 0.717) is 12.6 Å². The third kappa shape index (κ3) is 3.30. The summed E-state index contributed by atoms with van der Waals surface area (Å²) in [6.07, 6.45) is 6.36. The fraction of sp³-hybridized carbons (Fsp3) is 0.333. The smallest absolute Gasteiger partial charge is 0.318 e. The lowest BCUT2D eigenvalue weighted by Gasteiger charge is -2.14. The van der Waals surface area contributed by atoms with E-state index < -0.39 is 0 Å². The maximum atomic E-state index is 5.75. The summed E-state index contributed by atoms with van der Waals surface area (Å²) >= 11 is 3.51. The van der Waals surface area contributed by atoms with Crippen molar-refractivity contribution in [2.24, 2.45) is 0 Å². The lowest BCUT2D eigenvalue weighted by molar-refractivity contribution is 0.225. The molecule has 0 spiro atoms. The molecule has 0 aliphatic carbocycles. The van der Waals surface area contributed by atoms with Crippen LogP contribution in [0.25, 0.3) is 16.7 Å². The standard InChI is InChI=1S/C18H19BrN4O/c19-15-3-4-16-14(13-15)6-10-23(16)17-5-7-20-18(21-17)24-12-11-22-8-1-2-9-22/h3-7,10,13H,1-2,8-9,11-12H2. The van der Waals surface area contributed by atoms with E-state index >= 15 is 0 Å². The number of halogens is 1. The van der Waals surface area contributed by atoms with Gasteiger partial charge in [0.15, 0.2) is 0 Å². The van der Waals surface area contributed by atoms with Crippen LogP contribution in [0.3, 0.4) is 0 Å². The van der Waals surface area contributed by atoms with Crippen LogP contribution in [0.2, 0.25) is 0 Å². The Labute approximate surface area is 149 Å². The topological polar surface area (TPSA) is 43.2 Å². The Morgan fingerprint density at radius 3 is 2.88 bits per heavy atom. The van der Waals surface area contributed by atoms with Crippen molar-refractivity contribution >= 4 is 26.8 Å². The van der Waals surface area contributed by atoms with Gasteiger partial charge in [0, 0.05) is 34.9 Å². The fourth-order valence-electron chi connectivity index (χ4n) is 3.12. The number of hydrogen-bond acceptors (Lipinski definition) is 4. The molecule has 1 aliphatic rings. The average Bonchev–Trinajstić information content (AvgIpc) is 3.24. The van der Waals surface area contributed by atoms with E-state index in [4.69, 9.17) is 4.74 Å². The van der Waals surface area contributed by atoms with Crippen LogP contribution in [-0.4, -0.2) is 45.7 Å². The summed E-state index contributed by atoms with van der Waals surface area (Å²) in [4.78, 5) is 11.2. The fourth-order valence-corrected chi connectivity index (χ4v) is 3.50. The zero-order chi connectivity index (χ0) is 16.4. The molecule has 124 valence electrons. The van der Waals surface area contributed by atoms with Gasteiger partial charge < -0.3 is 9.30 Å². The molecule has 0 saturated carbocycles. The molecule has 3 heterocycles. The van der Waals surface area contributed by atoms with Crippen LogP contribution >= 0.6 is 15.9 Å². The first-order valence-corrected chi connectivity index (χ1v) is 9.04. The Morgan fingerprint density at radius 1 is 1.12 bits per heavy atom. The number of aromatic nitrogens is 3. The van der Waals surface area contributed by atoms with Crippen molar-refractivity contribution < 1.29 is 4.74 Å². The first-order valence-electron chi connectivity index (χ1n) is 8.25. The van der Waals surface area contributed by atoms with Crippen LogP contribution in [0.4, 0.5) is 0 Å². The molecule has 1 aliphatic heterocycles. The monoisotopic (exact) mass is 386 g/mol. The SMILES string of the molecule is Brc1ccc2c(ccn2-c2ccnc(OCCN3CCCC3)n2)c1. The quantitative estimate of drug-likeness (QED) is 0.670. The average molecular weight is 387 g/mol. The van der Waals surface area contributed by atoms with Crippen molar-refractivity contribution in [1.29, 1.82) is 0 Å². The van der Waals surface area contributed by atoms with E-state index in [1.807, 2.05) is 18.3 Å². The minimum atomic E-state index is 0.436. The lowest BCUT2D eigenvalue weighted by Crippen LogP contribution is -2.25. The second kappa shape index (κ2) is 6.91. The highest BCUT2D eigenvalue weighted by molar-refractivity contribution is 9.10. The Bertz CT molecular complexity index is 842. The molecular weight excluding hydrogens is 368 g/mol. The Hall–Kier alpha value is -1.92. The molecular formula is C18H19BrN4O. The van der Waals surface area contributed by atoms with Crippen LogP contribution in [-0.2, 0) is 0 Å². The van der Waals surface area contributed by atoms with Gasteiger partial charge in [-0.3, -0.25) is 4.90 Å². The maximum absolute atomic E-state index is 5.75. The summed E-state index contributed by atoms with van der Waals surface area (Å²) in [5.74, 6) is 0.818. The van der Waals surface area contributed by atoms with Gasteiger partial charge in [-0.25, -0.2) is 4.98 Å². The van der Waals surface area contributed by atoms with Crippen molar-refractivity contribution in [1.82, 2.24) is 19.4 Å². The molecule has 24 heavy (non-hydrogen) atoms. The third-order valence-electron chi connectivity index (χ3n) is 4.36. The second-order valence-corrected chi connectivity index (χ2v) is 6.90. The van der Waals surface area contributed by atoms with Crippen LogP contribution in [0.5, 0.6) is 6.01 Å². The van der Waals surface area contributed by atoms with Crippen molar-refractivity contribution in [3.63, 3.8) is 0 Å². The largest absolute Gasteiger partial charge is 0.462 e. The molecule has 1 fully saturated rings. The number of benzene rings is 1. The highest BCUT2D eigenvalue weighted by Crippen LogP contribution is 2.23. The Balaban J connectivity index is 1.51. The van der Waals surface area contributed by atoms with Crippen molar-refractivity contribution in [3.05, 3.63) is 47.2 Å². The number of nitrogens with zero attached hydrogens (tertiary/aromatic N) is 4. The molecule has 0 unspecified atom stereocenters. The molecule has 3 aromatic rings. The van der Waals surface area contributed by atoms with Gasteiger partial charge in [0.1, 0.15) is 12.4 Å². The predicted molar refractivity (Wildman–Crippen MR) is 97.7 cm³/mol. The molecule has 1 aromatic carbocycles.